The van der Waals surface area contributed by atoms with E-state index < -0.39 is 0 Å². The van der Waals surface area contributed by atoms with E-state index in [1.54, 1.807) is 0 Å². The summed E-state index contributed by atoms with van der Waals surface area (Å²) in [5, 5.41) is 0. The first kappa shape index (κ1) is 25.4. The third-order valence-electron chi connectivity index (χ3n) is 5.25. The van der Waals surface area contributed by atoms with E-state index in [1.165, 1.54) is 54.5 Å². The van der Waals surface area contributed by atoms with Gasteiger partial charge in [-0.05, 0) is 42.6 Å². The zero-order valence-electron chi connectivity index (χ0n) is 18.1. The van der Waals surface area contributed by atoms with Gasteiger partial charge in [-0.25, -0.2) is 0 Å². The van der Waals surface area contributed by atoms with Crippen LogP contribution in [0.25, 0.3) is 5.57 Å². The quantitative estimate of drug-likeness (QED) is 0.450. The summed E-state index contributed by atoms with van der Waals surface area (Å²) < 4.78 is 1.21. The van der Waals surface area contributed by atoms with Gasteiger partial charge in [0.05, 0.1) is 19.6 Å². The molecule has 0 unspecified atom stereocenters. The molecular formula is C24H42BrN. The molecule has 0 N–H and O–H groups in total. The molecule has 0 atom stereocenters. The van der Waals surface area contributed by atoms with Gasteiger partial charge in [0.15, 0.2) is 0 Å². The molecule has 0 bridgehead atoms. The Morgan fingerprint density at radius 1 is 0.769 bits per heavy atom. The second-order valence-corrected chi connectivity index (χ2v) is 9.19. The lowest BCUT2D eigenvalue weighted by atomic mass is 10.00. The van der Waals surface area contributed by atoms with Crippen molar-refractivity contribution in [2.45, 2.75) is 60.8 Å². The van der Waals surface area contributed by atoms with E-state index in [1.807, 2.05) is 0 Å². The topological polar surface area (TPSA) is 0 Å². The molecule has 150 valence electrons. The van der Waals surface area contributed by atoms with Gasteiger partial charge in [-0.15, -0.1) is 0 Å². The molecule has 0 aliphatic heterocycles. The highest BCUT2D eigenvalue weighted by atomic mass is 79.9. The number of quaternary nitrogens is 1. The minimum atomic E-state index is 0. The fourth-order valence-corrected chi connectivity index (χ4v) is 3.34. The minimum Gasteiger partial charge on any atom is -1.00 e. The van der Waals surface area contributed by atoms with Crippen LogP contribution in [0.2, 0.25) is 0 Å². The first-order valence-electron chi connectivity index (χ1n) is 10.3. The summed E-state index contributed by atoms with van der Waals surface area (Å²) in [4.78, 5) is 0. The SMILES string of the molecule is C=C(C[N+](CCC(C)C)(CCC(C)C)CCC(C)C)c1ccccc1.[Br-]. The number of rotatable bonds is 12. The van der Waals surface area contributed by atoms with E-state index in [0.29, 0.717) is 0 Å². The molecule has 0 saturated carbocycles. The summed E-state index contributed by atoms with van der Waals surface area (Å²) in [5.74, 6) is 2.29. The highest BCUT2D eigenvalue weighted by molar-refractivity contribution is 5.63. The zero-order valence-corrected chi connectivity index (χ0v) is 19.7. The van der Waals surface area contributed by atoms with Gasteiger partial charge in [0.25, 0.3) is 0 Å². The van der Waals surface area contributed by atoms with Crippen molar-refractivity contribution in [3.05, 3.63) is 42.5 Å². The van der Waals surface area contributed by atoms with Crippen LogP contribution in [0.15, 0.2) is 36.9 Å². The fourth-order valence-electron chi connectivity index (χ4n) is 3.34. The average Bonchev–Trinajstić information content (AvgIpc) is 2.56. The molecule has 0 fully saturated rings. The number of nitrogens with zero attached hydrogens (tertiary/aromatic N) is 1. The van der Waals surface area contributed by atoms with E-state index in [0.717, 1.165) is 24.3 Å². The second kappa shape index (κ2) is 12.7. The van der Waals surface area contributed by atoms with Crippen LogP contribution < -0.4 is 17.0 Å². The van der Waals surface area contributed by atoms with Crippen LogP contribution in [0.1, 0.15) is 66.4 Å². The Labute approximate surface area is 174 Å². The average molecular weight is 425 g/mol. The van der Waals surface area contributed by atoms with Crippen molar-refractivity contribution < 1.29 is 21.5 Å². The maximum absolute atomic E-state index is 4.48. The normalized spacial score (nSPS) is 11.9. The van der Waals surface area contributed by atoms with Gasteiger partial charge in [0.1, 0.15) is 6.54 Å². The van der Waals surface area contributed by atoms with Crippen molar-refractivity contribution in [2.75, 3.05) is 26.2 Å². The van der Waals surface area contributed by atoms with Crippen molar-refractivity contribution in [3.8, 4) is 0 Å². The van der Waals surface area contributed by atoms with E-state index >= 15 is 0 Å². The van der Waals surface area contributed by atoms with Crippen molar-refractivity contribution in [3.63, 3.8) is 0 Å². The van der Waals surface area contributed by atoms with Gasteiger partial charge < -0.3 is 21.5 Å². The molecule has 26 heavy (non-hydrogen) atoms. The summed E-state index contributed by atoms with van der Waals surface area (Å²) in [6.07, 6.45) is 3.91. The minimum absolute atomic E-state index is 0. The van der Waals surface area contributed by atoms with Crippen LogP contribution in [0.5, 0.6) is 0 Å². The molecule has 0 radical (unpaired) electrons. The lowest BCUT2D eigenvalue weighted by molar-refractivity contribution is -0.922. The summed E-state index contributed by atoms with van der Waals surface area (Å²) in [6.45, 7) is 23.5. The largest absolute Gasteiger partial charge is 1.00 e. The summed E-state index contributed by atoms with van der Waals surface area (Å²) in [7, 11) is 0. The molecule has 0 spiro atoms. The van der Waals surface area contributed by atoms with Gasteiger partial charge in [0.2, 0.25) is 0 Å². The van der Waals surface area contributed by atoms with Crippen molar-refractivity contribution in [2.24, 2.45) is 17.8 Å². The van der Waals surface area contributed by atoms with Gasteiger partial charge in [0, 0.05) is 5.57 Å². The molecule has 0 saturated heterocycles. The van der Waals surface area contributed by atoms with E-state index in [9.17, 15) is 0 Å². The molecule has 1 nitrogen and oxygen atoms in total. The van der Waals surface area contributed by atoms with Gasteiger partial charge in [-0.2, -0.15) is 0 Å². The second-order valence-electron chi connectivity index (χ2n) is 9.19. The summed E-state index contributed by atoms with van der Waals surface area (Å²) in [5.41, 5.74) is 2.61. The van der Waals surface area contributed by atoms with Crippen LogP contribution in [0.3, 0.4) is 0 Å². The van der Waals surface area contributed by atoms with E-state index in [2.05, 4.69) is 78.5 Å². The van der Waals surface area contributed by atoms with Gasteiger partial charge in [-0.3, -0.25) is 0 Å². The van der Waals surface area contributed by atoms with Crippen LogP contribution in [0, 0.1) is 17.8 Å². The van der Waals surface area contributed by atoms with E-state index in [-0.39, 0.29) is 17.0 Å². The molecule has 0 amide bonds. The molecule has 0 aliphatic carbocycles. The highest BCUT2D eigenvalue weighted by Crippen LogP contribution is 2.24. The Bertz CT molecular complexity index is 459. The van der Waals surface area contributed by atoms with Crippen LogP contribution in [0.4, 0.5) is 0 Å². The first-order chi connectivity index (χ1) is 11.7. The molecule has 0 aliphatic rings. The summed E-state index contributed by atoms with van der Waals surface area (Å²) in [6, 6.07) is 10.8. The Balaban J connectivity index is 0.00000625. The summed E-state index contributed by atoms with van der Waals surface area (Å²) >= 11 is 0. The van der Waals surface area contributed by atoms with Crippen LogP contribution in [-0.4, -0.2) is 30.7 Å². The number of hydrogen-bond donors (Lipinski definition) is 0. The Morgan fingerprint density at radius 3 is 1.50 bits per heavy atom. The van der Waals surface area contributed by atoms with Crippen LogP contribution in [-0.2, 0) is 0 Å². The molecular weight excluding hydrogens is 382 g/mol. The van der Waals surface area contributed by atoms with Crippen molar-refractivity contribution in [1.29, 1.82) is 0 Å². The number of halogens is 1. The molecule has 1 aromatic rings. The van der Waals surface area contributed by atoms with Crippen LogP contribution >= 0.6 is 0 Å². The number of hydrogen-bond acceptors (Lipinski definition) is 0. The Morgan fingerprint density at radius 2 is 1.15 bits per heavy atom. The van der Waals surface area contributed by atoms with E-state index in [4.69, 9.17) is 0 Å². The van der Waals surface area contributed by atoms with Crippen molar-refractivity contribution >= 4 is 5.57 Å². The standard InChI is InChI=1S/C24H42N.BrH/c1-20(2)13-16-25(17-14-21(3)4,18-15-22(5)6)19-23(7)24-11-9-8-10-12-24;/h8-12,20-22H,7,13-19H2,1-6H3;1H/q+1;/p-1. The molecule has 2 heteroatoms. The lowest BCUT2D eigenvalue weighted by Crippen LogP contribution is -3.00. The third kappa shape index (κ3) is 9.92. The number of benzene rings is 1. The molecule has 0 aromatic heterocycles. The first-order valence-corrected chi connectivity index (χ1v) is 10.3. The highest BCUT2D eigenvalue weighted by Gasteiger charge is 2.29. The third-order valence-corrected chi connectivity index (χ3v) is 5.25. The fraction of sp³-hybridized carbons (Fsp3) is 0.667. The maximum Gasteiger partial charge on any atom is 0.104 e. The van der Waals surface area contributed by atoms with Crippen molar-refractivity contribution in [1.82, 2.24) is 0 Å². The van der Waals surface area contributed by atoms with Gasteiger partial charge in [-0.1, -0.05) is 78.5 Å². The smallest absolute Gasteiger partial charge is 0.104 e. The molecule has 1 rings (SSSR count). The monoisotopic (exact) mass is 423 g/mol. The maximum atomic E-state index is 4.48. The molecule has 1 aromatic carbocycles. The predicted molar refractivity (Wildman–Crippen MR) is 114 cm³/mol. The predicted octanol–water partition coefficient (Wildman–Crippen LogP) is 3.66. The Hall–Kier alpha value is -0.600. The zero-order chi connectivity index (χ0) is 18.9. The van der Waals surface area contributed by atoms with Gasteiger partial charge >= 0.3 is 0 Å². The Kier molecular flexibility index (Phi) is 12.4. The molecule has 0 heterocycles. The lowest BCUT2D eigenvalue weighted by Gasteiger charge is -2.41.